The van der Waals surface area contributed by atoms with Gasteiger partial charge in [-0.3, -0.25) is 9.59 Å². The molecule has 0 aliphatic rings. The first-order valence-corrected chi connectivity index (χ1v) is 8.07. The monoisotopic (exact) mass is 340 g/mol. The van der Waals surface area contributed by atoms with Gasteiger partial charge in [-0.05, 0) is 36.8 Å². The van der Waals surface area contributed by atoms with Crippen LogP contribution in [0.15, 0.2) is 59.4 Å². The third kappa shape index (κ3) is 3.49. The van der Waals surface area contributed by atoms with Crippen LogP contribution in [-0.2, 0) is 11.3 Å². The van der Waals surface area contributed by atoms with Crippen LogP contribution in [0.5, 0.6) is 0 Å². The highest BCUT2D eigenvalue weighted by Crippen LogP contribution is 2.17. The molecule has 0 saturated carbocycles. The summed E-state index contributed by atoms with van der Waals surface area (Å²) in [5.41, 5.74) is 2.34. The molecule has 1 aromatic heterocycles. The molecule has 1 N–H and O–H groups in total. The van der Waals surface area contributed by atoms with Gasteiger partial charge in [0.15, 0.2) is 0 Å². The number of halogens is 1. The largest absolute Gasteiger partial charge is 0.326 e. The van der Waals surface area contributed by atoms with Gasteiger partial charge < -0.3 is 9.88 Å². The molecule has 0 radical (unpaired) electrons. The molecule has 0 bridgehead atoms. The number of hydrogen-bond acceptors (Lipinski definition) is 2. The number of aryl methyl sites for hydroxylation is 2. The lowest BCUT2D eigenvalue weighted by atomic mass is 10.1. The van der Waals surface area contributed by atoms with Crippen LogP contribution in [0.25, 0.3) is 10.9 Å². The zero-order chi connectivity index (χ0) is 17.1. The van der Waals surface area contributed by atoms with Gasteiger partial charge in [-0.1, -0.05) is 35.9 Å². The molecule has 24 heavy (non-hydrogen) atoms. The first-order chi connectivity index (χ1) is 11.5. The summed E-state index contributed by atoms with van der Waals surface area (Å²) >= 11 is 5.91. The van der Waals surface area contributed by atoms with E-state index in [9.17, 15) is 9.59 Å². The Labute approximate surface area is 144 Å². The average Bonchev–Trinajstić information content (AvgIpc) is 2.54. The molecule has 0 aliphatic carbocycles. The first-order valence-electron chi connectivity index (χ1n) is 7.69. The summed E-state index contributed by atoms with van der Waals surface area (Å²) in [6.45, 7) is 2.24. The van der Waals surface area contributed by atoms with E-state index in [0.29, 0.717) is 17.3 Å². The lowest BCUT2D eigenvalue weighted by Crippen LogP contribution is -2.23. The fourth-order valence-corrected chi connectivity index (χ4v) is 2.93. The fraction of sp³-hybridized carbons (Fsp3) is 0.158. The highest BCUT2D eigenvalue weighted by Gasteiger charge is 2.08. The maximum Gasteiger partial charge on any atom is 0.251 e. The SMILES string of the molecule is Cc1cc(=O)n(CCC(=O)Nc2cccc(Cl)c2)c2ccccc12. The Hall–Kier alpha value is -2.59. The summed E-state index contributed by atoms with van der Waals surface area (Å²) in [6, 6.07) is 16.3. The average molecular weight is 341 g/mol. The van der Waals surface area contributed by atoms with Crippen LogP contribution >= 0.6 is 11.6 Å². The maximum absolute atomic E-state index is 12.3. The Bertz CT molecular complexity index is 963. The normalized spacial score (nSPS) is 10.8. The number of pyridine rings is 1. The number of nitrogens with zero attached hydrogens (tertiary/aromatic N) is 1. The summed E-state index contributed by atoms with van der Waals surface area (Å²) in [5, 5.41) is 4.38. The smallest absolute Gasteiger partial charge is 0.251 e. The van der Waals surface area contributed by atoms with E-state index in [2.05, 4.69) is 5.32 Å². The maximum atomic E-state index is 12.3. The van der Waals surface area contributed by atoms with Crippen molar-refractivity contribution in [3.05, 3.63) is 75.5 Å². The molecule has 3 rings (SSSR count). The van der Waals surface area contributed by atoms with Gasteiger partial charge >= 0.3 is 0 Å². The Morgan fingerprint density at radius 2 is 1.92 bits per heavy atom. The molecule has 4 nitrogen and oxygen atoms in total. The second kappa shape index (κ2) is 6.89. The van der Waals surface area contributed by atoms with Crippen LogP contribution in [0.2, 0.25) is 5.02 Å². The van der Waals surface area contributed by atoms with Gasteiger partial charge in [-0.15, -0.1) is 0 Å². The van der Waals surface area contributed by atoms with E-state index < -0.39 is 0 Å². The summed E-state index contributed by atoms with van der Waals surface area (Å²) in [7, 11) is 0. The van der Waals surface area contributed by atoms with Crippen LogP contribution in [0, 0.1) is 6.92 Å². The van der Waals surface area contributed by atoms with Crippen molar-refractivity contribution in [2.45, 2.75) is 19.9 Å². The number of carbonyl (C=O) groups excluding carboxylic acids is 1. The predicted molar refractivity (Wildman–Crippen MR) is 97.6 cm³/mol. The van der Waals surface area contributed by atoms with Crippen molar-refractivity contribution in [2.75, 3.05) is 5.32 Å². The second-order valence-electron chi connectivity index (χ2n) is 5.64. The Balaban J connectivity index is 1.78. The topological polar surface area (TPSA) is 51.1 Å². The van der Waals surface area contributed by atoms with Gasteiger partial charge in [0.05, 0.1) is 5.52 Å². The molecule has 0 fully saturated rings. The molecule has 1 heterocycles. The second-order valence-corrected chi connectivity index (χ2v) is 6.08. The number of hydrogen-bond donors (Lipinski definition) is 1. The van der Waals surface area contributed by atoms with Crippen molar-refractivity contribution in [3.63, 3.8) is 0 Å². The molecule has 3 aromatic rings. The van der Waals surface area contributed by atoms with Crippen molar-refractivity contribution in [2.24, 2.45) is 0 Å². The minimum Gasteiger partial charge on any atom is -0.326 e. The molecule has 0 atom stereocenters. The number of amides is 1. The van der Waals surface area contributed by atoms with Gasteiger partial charge in [0.2, 0.25) is 5.91 Å². The third-order valence-corrected chi connectivity index (χ3v) is 4.13. The van der Waals surface area contributed by atoms with Crippen molar-refractivity contribution < 1.29 is 4.79 Å². The summed E-state index contributed by atoms with van der Waals surface area (Å²) in [4.78, 5) is 24.4. The van der Waals surface area contributed by atoms with Crippen molar-refractivity contribution in [1.29, 1.82) is 0 Å². The van der Waals surface area contributed by atoms with Gasteiger partial charge in [0.1, 0.15) is 0 Å². The zero-order valence-electron chi connectivity index (χ0n) is 13.3. The molecular weight excluding hydrogens is 324 g/mol. The fourth-order valence-electron chi connectivity index (χ4n) is 2.74. The summed E-state index contributed by atoms with van der Waals surface area (Å²) in [6.07, 6.45) is 0.208. The Kier molecular flexibility index (Phi) is 4.67. The zero-order valence-corrected chi connectivity index (χ0v) is 14.0. The Morgan fingerprint density at radius 3 is 2.71 bits per heavy atom. The summed E-state index contributed by atoms with van der Waals surface area (Å²) in [5.74, 6) is -0.158. The van der Waals surface area contributed by atoms with Gasteiger partial charge in [-0.25, -0.2) is 0 Å². The number of aromatic nitrogens is 1. The van der Waals surface area contributed by atoms with E-state index in [1.54, 1.807) is 34.9 Å². The number of para-hydroxylation sites is 1. The van der Waals surface area contributed by atoms with Gasteiger partial charge in [0, 0.05) is 35.1 Å². The van der Waals surface area contributed by atoms with Crippen LogP contribution < -0.4 is 10.9 Å². The number of fused-ring (bicyclic) bond motifs is 1. The van der Waals surface area contributed by atoms with E-state index in [1.807, 2.05) is 31.2 Å². The number of anilines is 1. The van der Waals surface area contributed by atoms with Crippen LogP contribution in [0.4, 0.5) is 5.69 Å². The van der Waals surface area contributed by atoms with E-state index in [-0.39, 0.29) is 17.9 Å². The minimum absolute atomic E-state index is 0.0956. The van der Waals surface area contributed by atoms with Crippen molar-refractivity contribution in [1.82, 2.24) is 4.57 Å². The van der Waals surface area contributed by atoms with Crippen molar-refractivity contribution in [3.8, 4) is 0 Å². The first kappa shape index (κ1) is 16.3. The van der Waals surface area contributed by atoms with E-state index >= 15 is 0 Å². The standard InChI is InChI=1S/C19H17ClN2O2/c1-13-11-19(24)22(17-8-3-2-7-16(13)17)10-9-18(23)21-15-6-4-5-14(20)12-15/h2-8,11-12H,9-10H2,1H3,(H,21,23). The van der Waals surface area contributed by atoms with Crippen LogP contribution in [0.1, 0.15) is 12.0 Å². The minimum atomic E-state index is -0.158. The molecule has 0 saturated heterocycles. The quantitative estimate of drug-likeness (QED) is 0.780. The van der Waals surface area contributed by atoms with E-state index in [0.717, 1.165) is 16.5 Å². The van der Waals surface area contributed by atoms with Gasteiger partial charge in [-0.2, -0.15) is 0 Å². The molecule has 0 aliphatic heterocycles. The number of rotatable bonds is 4. The predicted octanol–water partition coefficient (Wildman–Crippen LogP) is 3.99. The lowest BCUT2D eigenvalue weighted by molar-refractivity contribution is -0.116. The number of nitrogens with one attached hydrogen (secondary N) is 1. The highest BCUT2D eigenvalue weighted by molar-refractivity contribution is 6.30. The Morgan fingerprint density at radius 1 is 1.12 bits per heavy atom. The summed E-state index contributed by atoms with van der Waals surface area (Å²) < 4.78 is 1.64. The number of carbonyl (C=O) groups is 1. The van der Waals surface area contributed by atoms with Crippen molar-refractivity contribution >= 4 is 34.1 Å². The third-order valence-electron chi connectivity index (χ3n) is 3.90. The van der Waals surface area contributed by atoms with Crippen LogP contribution in [-0.4, -0.2) is 10.5 Å². The molecule has 0 unspecified atom stereocenters. The lowest BCUT2D eigenvalue weighted by Gasteiger charge is -2.12. The molecule has 1 amide bonds. The van der Waals surface area contributed by atoms with Gasteiger partial charge in [0.25, 0.3) is 5.56 Å². The highest BCUT2D eigenvalue weighted by atomic mass is 35.5. The number of benzene rings is 2. The molecule has 122 valence electrons. The molecule has 0 spiro atoms. The van der Waals surface area contributed by atoms with E-state index in [1.165, 1.54) is 0 Å². The van der Waals surface area contributed by atoms with E-state index in [4.69, 9.17) is 11.6 Å². The molecule has 5 heteroatoms. The molecule has 2 aromatic carbocycles. The molecular formula is C19H17ClN2O2. The van der Waals surface area contributed by atoms with Crippen LogP contribution in [0.3, 0.4) is 0 Å².